The highest BCUT2D eigenvalue weighted by Crippen LogP contribution is 2.36. The molecule has 4 nitrogen and oxygen atoms in total. The fraction of sp³-hybridized carbons (Fsp3) is 0.667. The first-order chi connectivity index (χ1) is 14.5. The first kappa shape index (κ1) is 25.2. The van der Waals surface area contributed by atoms with Crippen molar-refractivity contribution in [2.75, 3.05) is 18.5 Å². The summed E-state index contributed by atoms with van der Waals surface area (Å²) in [4.78, 5) is 18.7. The molecule has 0 heterocycles. The third kappa shape index (κ3) is 6.47. The number of hydrogen-bond acceptors (Lipinski definition) is 3. The van der Waals surface area contributed by atoms with E-state index in [0.29, 0.717) is 41.3 Å². The van der Waals surface area contributed by atoms with Crippen LogP contribution in [-0.2, 0) is 15.7 Å². The highest BCUT2D eigenvalue weighted by Gasteiger charge is 2.35. The number of esters is 1. The SMILES string of the molecule is CC/C(=N\C)N(CC(=O)O[C@@H]1C[C@H](C)CC[C@H]1C(C)C)c1cc(C(F)(F)F)ccc1C. The van der Waals surface area contributed by atoms with Crippen LogP contribution in [0, 0.1) is 24.7 Å². The first-order valence-corrected chi connectivity index (χ1v) is 11.1. The Labute approximate surface area is 183 Å². The van der Waals surface area contributed by atoms with Gasteiger partial charge in [0.05, 0.1) is 5.56 Å². The van der Waals surface area contributed by atoms with E-state index in [1.165, 1.54) is 6.07 Å². The van der Waals surface area contributed by atoms with Gasteiger partial charge in [-0.05, 0) is 55.2 Å². The van der Waals surface area contributed by atoms with Gasteiger partial charge in [-0.15, -0.1) is 0 Å². The maximum atomic E-state index is 13.3. The lowest BCUT2D eigenvalue weighted by Gasteiger charge is -2.37. The second-order valence-corrected chi connectivity index (χ2v) is 8.93. The molecule has 2 rings (SSSR count). The van der Waals surface area contributed by atoms with Crippen molar-refractivity contribution >= 4 is 17.5 Å². The Bertz CT molecular complexity index is 790. The van der Waals surface area contributed by atoms with Gasteiger partial charge in [0.25, 0.3) is 0 Å². The third-order valence-electron chi connectivity index (χ3n) is 6.24. The van der Waals surface area contributed by atoms with Crippen LogP contribution in [0.1, 0.15) is 64.5 Å². The average molecular weight is 441 g/mol. The van der Waals surface area contributed by atoms with Gasteiger partial charge in [-0.25, -0.2) is 0 Å². The van der Waals surface area contributed by atoms with Gasteiger partial charge < -0.3 is 9.64 Å². The number of amidine groups is 1. The summed E-state index contributed by atoms with van der Waals surface area (Å²) in [7, 11) is 1.58. The van der Waals surface area contributed by atoms with Crippen molar-refractivity contribution in [1.82, 2.24) is 0 Å². The second-order valence-electron chi connectivity index (χ2n) is 8.93. The zero-order chi connectivity index (χ0) is 23.3. The number of halogens is 3. The van der Waals surface area contributed by atoms with E-state index in [2.05, 4.69) is 25.8 Å². The summed E-state index contributed by atoms with van der Waals surface area (Å²) in [6.45, 7) is 9.86. The monoisotopic (exact) mass is 440 g/mol. The maximum Gasteiger partial charge on any atom is 0.416 e. The third-order valence-corrected chi connectivity index (χ3v) is 6.24. The van der Waals surface area contributed by atoms with Crippen molar-refractivity contribution < 1.29 is 22.7 Å². The lowest BCUT2D eigenvalue weighted by atomic mass is 9.75. The van der Waals surface area contributed by atoms with Crippen molar-refractivity contribution in [2.24, 2.45) is 22.7 Å². The molecule has 0 aromatic heterocycles. The number of aliphatic imine (C=N–C) groups is 1. The molecule has 1 aliphatic rings. The van der Waals surface area contributed by atoms with Crippen LogP contribution in [0.5, 0.6) is 0 Å². The van der Waals surface area contributed by atoms with Crippen LogP contribution in [0.15, 0.2) is 23.2 Å². The largest absolute Gasteiger partial charge is 0.461 e. The van der Waals surface area contributed by atoms with E-state index in [1.54, 1.807) is 18.9 Å². The second kappa shape index (κ2) is 10.5. The number of alkyl halides is 3. The van der Waals surface area contributed by atoms with Crippen molar-refractivity contribution in [3.8, 4) is 0 Å². The van der Waals surface area contributed by atoms with E-state index in [1.807, 2.05) is 6.92 Å². The number of ether oxygens (including phenoxy) is 1. The quantitative estimate of drug-likeness (QED) is 0.298. The van der Waals surface area contributed by atoms with Gasteiger partial charge in [-0.1, -0.05) is 40.2 Å². The Balaban J connectivity index is 2.31. The molecule has 0 bridgehead atoms. The zero-order valence-electron chi connectivity index (χ0n) is 19.4. The highest BCUT2D eigenvalue weighted by atomic mass is 19.4. The molecule has 1 aromatic carbocycles. The average Bonchev–Trinajstić information content (AvgIpc) is 2.67. The van der Waals surface area contributed by atoms with Crippen LogP contribution < -0.4 is 4.90 Å². The minimum Gasteiger partial charge on any atom is -0.461 e. The maximum absolute atomic E-state index is 13.3. The molecule has 174 valence electrons. The normalized spacial score (nSPS) is 22.5. The van der Waals surface area contributed by atoms with Gasteiger partial charge >= 0.3 is 12.1 Å². The molecule has 1 fully saturated rings. The number of hydrogen-bond donors (Lipinski definition) is 0. The van der Waals surface area contributed by atoms with Gasteiger partial charge in [-0.3, -0.25) is 9.79 Å². The lowest BCUT2D eigenvalue weighted by molar-refractivity contribution is -0.154. The minimum atomic E-state index is -4.47. The zero-order valence-corrected chi connectivity index (χ0v) is 19.4. The molecular weight excluding hydrogens is 405 g/mol. The topological polar surface area (TPSA) is 41.9 Å². The number of anilines is 1. The van der Waals surface area contributed by atoms with Gasteiger partial charge in [0, 0.05) is 19.2 Å². The molecule has 0 amide bonds. The minimum absolute atomic E-state index is 0.163. The van der Waals surface area contributed by atoms with E-state index in [-0.39, 0.29) is 12.6 Å². The molecule has 0 spiro atoms. The number of rotatable bonds is 6. The predicted octanol–water partition coefficient (Wildman–Crippen LogP) is 6.26. The summed E-state index contributed by atoms with van der Waals surface area (Å²) in [6.07, 6.45) is -1.19. The number of carbonyl (C=O) groups is 1. The van der Waals surface area contributed by atoms with Crippen molar-refractivity contribution in [3.05, 3.63) is 29.3 Å². The summed E-state index contributed by atoms with van der Waals surface area (Å²) in [6, 6.07) is 3.57. The van der Waals surface area contributed by atoms with Gasteiger partial charge in [0.2, 0.25) is 0 Å². The van der Waals surface area contributed by atoms with Crippen LogP contribution in [-0.4, -0.2) is 31.5 Å². The molecular formula is C24H35F3N2O2. The molecule has 0 N–H and O–H groups in total. The van der Waals surface area contributed by atoms with Crippen LogP contribution >= 0.6 is 0 Å². The Kier molecular flexibility index (Phi) is 8.55. The van der Waals surface area contributed by atoms with E-state index < -0.39 is 17.7 Å². The molecule has 3 atom stereocenters. The predicted molar refractivity (Wildman–Crippen MR) is 118 cm³/mol. The van der Waals surface area contributed by atoms with E-state index in [0.717, 1.165) is 31.4 Å². The molecule has 0 saturated heterocycles. The summed E-state index contributed by atoms with van der Waals surface area (Å²) in [5.41, 5.74) is 0.215. The Morgan fingerprint density at radius 3 is 2.52 bits per heavy atom. The summed E-state index contributed by atoms with van der Waals surface area (Å²) in [5, 5.41) is 0. The fourth-order valence-electron chi connectivity index (χ4n) is 4.45. The highest BCUT2D eigenvalue weighted by molar-refractivity contribution is 6.01. The van der Waals surface area contributed by atoms with Gasteiger partial charge in [0.1, 0.15) is 18.5 Å². The van der Waals surface area contributed by atoms with Crippen LogP contribution in [0.3, 0.4) is 0 Å². The molecule has 0 radical (unpaired) electrons. The summed E-state index contributed by atoms with van der Waals surface area (Å²) < 4.78 is 45.8. The molecule has 0 unspecified atom stereocenters. The lowest BCUT2D eigenvalue weighted by Crippen LogP contribution is -2.41. The van der Waals surface area contributed by atoms with Crippen molar-refractivity contribution in [1.29, 1.82) is 0 Å². The Hall–Kier alpha value is -2.05. The van der Waals surface area contributed by atoms with Crippen molar-refractivity contribution in [3.63, 3.8) is 0 Å². The number of benzene rings is 1. The smallest absolute Gasteiger partial charge is 0.416 e. The van der Waals surface area contributed by atoms with Crippen LogP contribution in [0.25, 0.3) is 0 Å². The fourth-order valence-corrected chi connectivity index (χ4v) is 4.45. The molecule has 0 aliphatic heterocycles. The van der Waals surface area contributed by atoms with Crippen LogP contribution in [0.4, 0.5) is 18.9 Å². The summed E-state index contributed by atoms with van der Waals surface area (Å²) >= 11 is 0. The number of aryl methyl sites for hydroxylation is 1. The molecule has 1 aromatic rings. The molecule has 7 heteroatoms. The van der Waals surface area contributed by atoms with Crippen molar-refractivity contribution in [2.45, 2.75) is 72.6 Å². The first-order valence-electron chi connectivity index (χ1n) is 11.1. The number of carbonyl (C=O) groups excluding carboxylic acids is 1. The molecule has 1 saturated carbocycles. The van der Waals surface area contributed by atoms with Gasteiger partial charge in [-0.2, -0.15) is 13.2 Å². The van der Waals surface area contributed by atoms with Gasteiger partial charge in [0.15, 0.2) is 0 Å². The van der Waals surface area contributed by atoms with E-state index >= 15 is 0 Å². The van der Waals surface area contributed by atoms with E-state index in [9.17, 15) is 18.0 Å². The Morgan fingerprint density at radius 2 is 1.97 bits per heavy atom. The number of nitrogens with zero attached hydrogens (tertiary/aromatic N) is 2. The Morgan fingerprint density at radius 1 is 1.29 bits per heavy atom. The standard InChI is InChI=1S/C24H35F3N2O2/c1-7-22(28-6)29(20-13-18(24(25,26)27)10-9-17(20)5)14-23(30)31-21-12-16(4)8-11-19(21)15(2)3/h9-10,13,15-16,19,21H,7-8,11-12,14H2,1-6H3/b28-22+/t16-,19+,21-/m1/s1. The molecule has 1 aliphatic carbocycles. The van der Waals surface area contributed by atoms with Crippen LogP contribution in [0.2, 0.25) is 0 Å². The summed E-state index contributed by atoms with van der Waals surface area (Å²) in [5.74, 6) is 1.29. The van der Waals surface area contributed by atoms with E-state index in [4.69, 9.17) is 4.74 Å². The molecule has 31 heavy (non-hydrogen) atoms.